The molecule has 62 valence electrons. The third kappa shape index (κ3) is 0.800. The number of fused-ring (bicyclic) bond motifs is 1. The Hall–Kier alpha value is -1.76. The van der Waals surface area contributed by atoms with Crippen LogP contribution in [0.4, 0.5) is 0 Å². The van der Waals surface area contributed by atoms with Gasteiger partial charge >= 0.3 is 6.34 Å². The maximum absolute atomic E-state index is 9.16. The molecule has 7 heteroatoms. The molecule has 0 aliphatic carbocycles. The van der Waals surface area contributed by atoms with E-state index < -0.39 is 6.17 Å². The van der Waals surface area contributed by atoms with Crippen molar-refractivity contribution in [3.63, 3.8) is 0 Å². The molecule has 0 aromatic rings. The van der Waals surface area contributed by atoms with Crippen molar-refractivity contribution in [1.29, 1.82) is 0 Å². The molecule has 0 spiro atoms. The molecular weight excluding hydrogens is 162 g/mol. The van der Waals surface area contributed by atoms with E-state index >= 15 is 0 Å². The molecule has 2 aliphatic rings. The molecule has 2 heterocycles. The first-order chi connectivity index (χ1) is 5.83. The van der Waals surface area contributed by atoms with Crippen LogP contribution in [0.15, 0.2) is 15.0 Å². The molecule has 0 amide bonds. The van der Waals surface area contributed by atoms with Gasteiger partial charge in [-0.05, 0) is 4.99 Å². The summed E-state index contributed by atoms with van der Waals surface area (Å²) in [6.07, 6.45) is 1.86. The van der Waals surface area contributed by atoms with E-state index in [1.54, 1.807) is 0 Å². The molecule has 3 N–H and O–H groups in total. The second kappa shape index (κ2) is 2.38. The molecule has 0 saturated heterocycles. The first-order valence-corrected chi connectivity index (χ1v) is 3.21. The lowest BCUT2D eigenvalue weighted by Gasteiger charge is -2.08. The van der Waals surface area contributed by atoms with Crippen molar-refractivity contribution < 1.29 is 15.2 Å². The van der Waals surface area contributed by atoms with Crippen molar-refractivity contribution in [2.75, 3.05) is 0 Å². The maximum atomic E-state index is 9.16. The van der Waals surface area contributed by atoms with Crippen molar-refractivity contribution in [2.24, 2.45) is 15.0 Å². The van der Waals surface area contributed by atoms with Gasteiger partial charge in [-0.1, -0.05) is 4.74 Å². The summed E-state index contributed by atoms with van der Waals surface area (Å²) in [5.74, 6) is 0.197. The molecule has 7 nitrogen and oxygen atoms in total. The highest BCUT2D eigenvalue weighted by Crippen LogP contribution is 2.05. The zero-order valence-electron chi connectivity index (χ0n) is 5.92. The van der Waals surface area contributed by atoms with Crippen LogP contribution in [0, 0.1) is 0 Å². The van der Waals surface area contributed by atoms with Crippen LogP contribution in [0.5, 0.6) is 0 Å². The van der Waals surface area contributed by atoms with Crippen LogP contribution in [0.3, 0.4) is 0 Å². The van der Waals surface area contributed by atoms with Crippen molar-refractivity contribution in [3.05, 3.63) is 0 Å². The number of hydroxylamine groups is 2. The van der Waals surface area contributed by atoms with Gasteiger partial charge in [-0.3, -0.25) is 5.21 Å². The summed E-state index contributed by atoms with van der Waals surface area (Å²) >= 11 is 0. The van der Waals surface area contributed by atoms with Gasteiger partial charge in [0.2, 0.25) is 0 Å². The molecule has 0 saturated carbocycles. The highest BCUT2D eigenvalue weighted by molar-refractivity contribution is 6.45. The molecule has 0 aromatic carbocycles. The molecule has 12 heavy (non-hydrogen) atoms. The Bertz CT molecular complexity index is 329. The average molecular weight is 168 g/mol. The number of hydrogen-bond acceptors (Lipinski definition) is 6. The lowest BCUT2D eigenvalue weighted by molar-refractivity contribution is -0.784. The van der Waals surface area contributed by atoms with E-state index in [0.29, 0.717) is 5.71 Å². The summed E-state index contributed by atoms with van der Waals surface area (Å²) in [6.45, 7) is 0. The number of nitrogens with one attached hydrogen (secondary N) is 1. The van der Waals surface area contributed by atoms with Crippen LogP contribution >= 0.6 is 0 Å². The van der Waals surface area contributed by atoms with Gasteiger partial charge in [0, 0.05) is 0 Å². The van der Waals surface area contributed by atoms with Crippen molar-refractivity contribution >= 4 is 24.2 Å². The quantitative estimate of drug-likeness (QED) is 0.236. The Kier molecular flexibility index (Phi) is 1.37. The molecule has 1 atom stereocenters. The molecule has 1 unspecified atom stereocenters. The van der Waals surface area contributed by atoms with Gasteiger partial charge in [0.05, 0.1) is 0 Å². The Morgan fingerprint density at radius 1 is 1.50 bits per heavy atom. The zero-order chi connectivity index (χ0) is 8.55. The molecule has 0 bridgehead atoms. The van der Waals surface area contributed by atoms with Crippen molar-refractivity contribution in [3.8, 4) is 0 Å². The van der Waals surface area contributed by atoms with Crippen molar-refractivity contribution in [1.82, 2.24) is 5.48 Å². The van der Waals surface area contributed by atoms with Gasteiger partial charge in [0.25, 0.3) is 12.0 Å². The number of amidine groups is 1. The molecule has 2 aliphatic heterocycles. The number of nitrogens with zero attached hydrogens (tertiary/aromatic N) is 4. The highest BCUT2D eigenvalue weighted by atomic mass is 16.5. The monoisotopic (exact) mass is 168 g/mol. The fourth-order valence-corrected chi connectivity index (χ4v) is 1.01. The van der Waals surface area contributed by atoms with Gasteiger partial charge in [0.1, 0.15) is 6.34 Å². The van der Waals surface area contributed by atoms with E-state index in [4.69, 9.17) is 10.4 Å². The predicted octanol–water partition coefficient (Wildman–Crippen LogP) is -1.38. The lowest BCUT2D eigenvalue weighted by atomic mass is 10.2. The van der Waals surface area contributed by atoms with Crippen LogP contribution in [0.25, 0.3) is 0 Å². The van der Waals surface area contributed by atoms with E-state index in [0.717, 1.165) is 11.1 Å². The lowest BCUT2D eigenvalue weighted by Crippen LogP contribution is -2.43. The predicted molar refractivity (Wildman–Crippen MR) is 40.2 cm³/mol. The summed E-state index contributed by atoms with van der Waals surface area (Å²) in [4.78, 5) is 11.3. The van der Waals surface area contributed by atoms with Gasteiger partial charge in [-0.15, -0.1) is 0 Å². The molecular formula is C5H6N5O2+. The van der Waals surface area contributed by atoms with Gasteiger partial charge < -0.3 is 5.21 Å². The van der Waals surface area contributed by atoms with Crippen LogP contribution in [0.1, 0.15) is 0 Å². The summed E-state index contributed by atoms with van der Waals surface area (Å²) in [5, 5.41) is 17.7. The van der Waals surface area contributed by atoms with E-state index in [1.807, 2.05) is 5.48 Å². The second-order valence-electron chi connectivity index (χ2n) is 2.24. The van der Waals surface area contributed by atoms with E-state index in [9.17, 15) is 0 Å². The minimum Gasteiger partial charge on any atom is -0.353 e. The van der Waals surface area contributed by atoms with Crippen LogP contribution < -0.4 is 5.48 Å². The largest absolute Gasteiger partial charge is 0.353 e. The first kappa shape index (κ1) is 6.92. The van der Waals surface area contributed by atoms with Crippen molar-refractivity contribution in [2.45, 2.75) is 6.17 Å². The van der Waals surface area contributed by atoms with Gasteiger partial charge in [-0.25, -0.2) is 15.5 Å². The summed E-state index contributed by atoms with van der Waals surface area (Å²) < 4.78 is 0.809. The Morgan fingerprint density at radius 3 is 3.08 bits per heavy atom. The summed E-state index contributed by atoms with van der Waals surface area (Å²) in [5.41, 5.74) is 2.26. The Morgan fingerprint density at radius 2 is 2.33 bits per heavy atom. The summed E-state index contributed by atoms with van der Waals surface area (Å²) in [7, 11) is 0. The van der Waals surface area contributed by atoms with Crippen LogP contribution in [0.2, 0.25) is 0 Å². The maximum Gasteiger partial charge on any atom is 0.325 e. The van der Waals surface area contributed by atoms with Crippen LogP contribution in [-0.4, -0.2) is 45.5 Å². The molecule has 0 aromatic heterocycles. The third-order valence-electron chi connectivity index (χ3n) is 1.55. The number of aliphatic imine (C=N–C) groups is 3. The number of rotatable bonds is 0. The first-order valence-electron chi connectivity index (χ1n) is 3.21. The van der Waals surface area contributed by atoms with Gasteiger partial charge in [-0.2, -0.15) is 0 Å². The standard InChI is InChI=1S/C5H5N5O2/c11-9-4-3-5(7-1-6-3)10(12)2-8-4/h1-2,5,12H,(H,6,7,11)/p+1. The van der Waals surface area contributed by atoms with E-state index in [1.165, 1.54) is 6.34 Å². The minimum atomic E-state index is -0.586. The Balaban J connectivity index is 2.41. The molecule has 0 radical (unpaired) electrons. The fraction of sp³-hybridized carbons (Fsp3) is 0.200. The fourth-order valence-electron chi connectivity index (χ4n) is 1.01. The second-order valence-corrected chi connectivity index (χ2v) is 2.24. The Labute approximate surface area is 67.0 Å². The van der Waals surface area contributed by atoms with E-state index in [2.05, 4.69) is 15.0 Å². The normalized spacial score (nSPS) is 25.8. The molecule has 0 fully saturated rings. The third-order valence-corrected chi connectivity index (χ3v) is 1.55. The number of hydrogen-bond donors (Lipinski definition) is 3. The van der Waals surface area contributed by atoms with E-state index in [-0.39, 0.29) is 5.84 Å². The highest BCUT2D eigenvalue weighted by Gasteiger charge is 2.35. The topological polar surface area (TPSA) is 92.6 Å². The summed E-state index contributed by atoms with van der Waals surface area (Å²) in [6, 6.07) is 0. The molecule has 2 rings (SSSR count). The minimum absolute atomic E-state index is 0.197. The smallest absolute Gasteiger partial charge is 0.325 e. The van der Waals surface area contributed by atoms with Crippen LogP contribution in [-0.2, 0) is 0 Å². The zero-order valence-corrected chi connectivity index (χ0v) is 5.92. The average Bonchev–Trinajstić information content (AvgIpc) is 2.54. The van der Waals surface area contributed by atoms with Gasteiger partial charge in [0.15, 0.2) is 5.71 Å². The SMILES string of the molecule is ONC1=NC=[N+](O)C2N=CN=C12.